The molecule has 0 aromatic carbocycles. The van der Waals surface area contributed by atoms with E-state index < -0.39 is 0 Å². The molecular formula is C16H22N2O. The Balaban J connectivity index is 1.53. The average Bonchev–Trinajstić information content (AvgIpc) is 2.45. The van der Waals surface area contributed by atoms with Gasteiger partial charge >= 0.3 is 0 Å². The van der Waals surface area contributed by atoms with Crippen LogP contribution < -0.4 is 5.32 Å². The standard InChI is InChI=1S/C16H22N2O/c19-16(8-7-13-4-1-2-9-17-13)12-10-14-5-3-6-15(11-12)18-14/h1-2,4,9,12,14-15,18H,3,5-8,10-11H2. The fourth-order valence-electron chi connectivity index (χ4n) is 3.53. The molecule has 3 rings (SSSR count). The molecule has 0 amide bonds. The second-order valence-electron chi connectivity index (χ2n) is 5.95. The first-order valence-corrected chi connectivity index (χ1v) is 7.50. The summed E-state index contributed by atoms with van der Waals surface area (Å²) >= 11 is 0. The van der Waals surface area contributed by atoms with E-state index in [1.54, 1.807) is 6.20 Å². The summed E-state index contributed by atoms with van der Waals surface area (Å²) in [5.74, 6) is 0.740. The zero-order chi connectivity index (χ0) is 13.1. The Morgan fingerprint density at radius 3 is 2.74 bits per heavy atom. The van der Waals surface area contributed by atoms with Gasteiger partial charge < -0.3 is 5.32 Å². The van der Waals surface area contributed by atoms with E-state index in [4.69, 9.17) is 0 Å². The molecule has 3 heterocycles. The molecule has 2 bridgehead atoms. The molecule has 2 saturated heterocycles. The lowest BCUT2D eigenvalue weighted by Gasteiger charge is -2.39. The Labute approximate surface area is 114 Å². The van der Waals surface area contributed by atoms with E-state index in [2.05, 4.69) is 10.3 Å². The van der Waals surface area contributed by atoms with Gasteiger partial charge in [-0.25, -0.2) is 0 Å². The highest BCUT2D eigenvalue weighted by Gasteiger charge is 2.34. The van der Waals surface area contributed by atoms with Crippen molar-refractivity contribution in [1.29, 1.82) is 0 Å². The number of aromatic nitrogens is 1. The lowest BCUT2D eigenvalue weighted by molar-refractivity contribution is -0.124. The first-order valence-electron chi connectivity index (χ1n) is 7.50. The van der Waals surface area contributed by atoms with Gasteiger partial charge in [0.05, 0.1) is 0 Å². The summed E-state index contributed by atoms with van der Waals surface area (Å²) < 4.78 is 0. The number of pyridine rings is 1. The van der Waals surface area contributed by atoms with Crippen LogP contribution in [-0.2, 0) is 11.2 Å². The minimum atomic E-state index is 0.292. The minimum absolute atomic E-state index is 0.292. The third kappa shape index (κ3) is 3.21. The molecule has 0 radical (unpaired) electrons. The molecule has 2 aliphatic heterocycles. The summed E-state index contributed by atoms with van der Waals surface area (Å²) in [5.41, 5.74) is 1.03. The van der Waals surface area contributed by atoms with Crippen LogP contribution in [0.2, 0.25) is 0 Å². The molecule has 2 atom stereocenters. The van der Waals surface area contributed by atoms with E-state index >= 15 is 0 Å². The zero-order valence-electron chi connectivity index (χ0n) is 11.3. The van der Waals surface area contributed by atoms with Crippen molar-refractivity contribution in [3.63, 3.8) is 0 Å². The van der Waals surface area contributed by atoms with Crippen LogP contribution in [0.5, 0.6) is 0 Å². The second kappa shape index (κ2) is 5.83. The quantitative estimate of drug-likeness (QED) is 0.902. The number of hydrogen-bond donors (Lipinski definition) is 1. The van der Waals surface area contributed by atoms with Gasteiger partial charge in [0, 0.05) is 36.3 Å². The van der Waals surface area contributed by atoms with Gasteiger partial charge in [-0.1, -0.05) is 12.5 Å². The molecule has 0 aliphatic carbocycles. The highest BCUT2D eigenvalue weighted by molar-refractivity contribution is 5.81. The van der Waals surface area contributed by atoms with Gasteiger partial charge in [-0.3, -0.25) is 9.78 Å². The number of rotatable bonds is 4. The molecule has 2 unspecified atom stereocenters. The molecule has 3 heteroatoms. The average molecular weight is 258 g/mol. The predicted molar refractivity (Wildman–Crippen MR) is 74.9 cm³/mol. The largest absolute Gasteiger partial charge is 0.311 e. The molecule has 3 nitrogen and oxygen atoms in total. The van der Waals surface area contributed by atoms with Crippen molar-refractivity contribution in [3.05, 3.63) is 30.1 Å². The normalized spacial score (nSPS) is 30.0. The molecule has 1 aromatic heterocycles. The molecule has 0 spiro atoms. The SMILES string of the molecule is O=C(CCc1ccccn1)C1CC2CCCC(C1)N2. The van der Waals surface area contributed by atoms with E-state index in [0.717, 1.165) is 25.0 Å². The Morgan fingerprint density at radius 1 is 1.26 bits per heavy atom. The molecular weight excluding hydrogens is 236 g/mol. The van der Waals surface area contributed by atoms with E-state index in [1.165, 1.54) is 19.3 Å². The Bertz CT molecular complexity index is 420. The summed E-state index contributed by atoms with van der Waals surface area (Å²) in [4.78, 5) is 16.6. The first-order chi connectivity index (χ1) is 9.31. The van der Waals surface area contributed by atoms with Gasteiger partial charge in [0.15, 0.2) is 0 Å². The molecule has 2 aliphatic rings. The fourth-order valence-corrected chi connectivity index (χ4v) is 3.53. The number of aryl methyl sites for hydroxylation is 1. The van der Waals surface area contributed by atoms with Gasteiger partial charge in [0.1, 0.15) is 5.78 Å². The lowest BCUT2D eigenvalue weighted by atomic mass is 9.77. The minimum Gasteiger partial charge on any atom is -0.311 e. The monoisotopic (exact) mass is 258 g/mol. The molecule has 19 heavy (non-hydrogen) atoms. The number of fused-ring (bicyclic) bond motifs is 2. The topological polar surface area (TPSA) is 42.0 Å². The van der Waals surface area contributed by atoms with E-state index in [-0.39, 0.29) is 0 Å². The Morgan fingerprint density at radius 2 is 2.05 bits per heavy atom. The van der Waals surface area contributed by atoms with Crippen molar-refractivity contribution in [2.24, 2.45) is 5.92 Å². The smallest absolute Gasteiger partial charge is 0.136 e. The van der Waals surface area contributed by atoms with Crippen LogP contribution in [0.1, 0.15) is 44.2 Å². The highest BCUT2D eigenvalue weighted by Crippen LogP contribution is 2.30. The molecule has 1 aromatic rings. The van der Waals surface area contributed by atoms with Crippen molar-refractivity contribution in [2.75, 3.05) is 0 Å². The first kappa shape index (κ1) is 12.8. The van der Waals surface area contributed by atoms with Crippen LogP contribution in [0.4, 0.5) is 0 Å². The van der Waals surface area contributed by atoms with E-state index in [9.17, 15) is 4.79 Å². The van der Waals surface area contributed by atoms with Gasteiger partial charge in [0.2, 0.25) is 0 Å². The number of hydrogen-bond acceptors (Lipinski definition) is 3. The van der Waals surface area contributed by atoms with E-state index in [1.807, 2.05) is 18.2 Å². The number of Topliss-reactive ketones (excluding diaryl/α,β-unsaturated/α-hetero) is 1. The molecule has 2 fully saturated rings. The van der Waals surface area contributed by atoms with Crippen LogP contribution >= 0.6 is 0 Å². The number of piperidine rings is 2. The maximum Gasteiger partial charge on any atom is 0.136 e. The van der Waals surface area contributed by atoms with Crippen molar-refractivity contribution in [1.82, 2.24) is 10.3 Å². The summed E-state index contributed by atoms with van der Waals surface area (Å²) in [6.07, 6.45) is 9.18. The summed E-state index contributed by atoms with van der Waals surface area (Å²) in [6, 6.07) is 7.10. The van der Waals surface area contributed by atoms with Gasteiger partial charge in [-0.05, 0) is 44.2 Å². The number of ketones is 1. The lowest BCUT2D eigenvalue weighted by Crippen LogP contribution is -2.50. The second-order valence-corrected chi connectivity index (χ2v) is 5.95. The van der Waals surface area contributed by atoms with Crippen molar-refractivity contribution >= 4 is 5.78 Å². The number of carbonyl (C=O) groups is 1. The molecule has 1 N–H and O–H groups in total. The maximum absolute atomic E-state index is 12.3. The Hall–Kier alpha value is -1.22. The van der Waals surface area contributed by atoms with Gasteiger partial charge in [-0.15, -0.1) is 0 Å². The molecule has 102 valence electrons. The van der Waals surface area contributed by atoms with Crippen LogP contribution in [0.3, 0.4) is 0 Å². The zero-order valence-corrected chi connectivity index (χ0v) is 11.3. The van der Waals surface area contributed by atoms with Crippen LogP contribution in [0.15, 0.2) is 24.4 Å². The maximum atomic E-state index is 12.3. The number of nitrogens with zero attached hydrogens (tertiary/aromatic N) is 1. The van der Waals surface area contributed by atoms with Gasteiger partial charge in [0.25, 0.3) is 0 Å². The number of carbonyl (C=O) groups excluding carboxylic acids is 1. The number of nitrogens with one attached hydrogen (secondary N) is 1. The highest BCUT2D eigenvalue weighted by atomic mass is 16.1. The van der Waals surface area contributed by atoms with Crippen LogP contribution in [-0.4, -0.2) is 22.9 Å². The van der Waals surface area contributed by atoms with E-state index in [0.29, 0.717) is 30.2 Å². The van der Waals surface area contributed by atoms with Crippen molar-refractivity contribution < 1.29 is 4.79 Å². The van der Waals surface area contributed by atoms with Crippen molar-refractivity contribution in [3.8, 4) is 0 Å². The molecule has 0 saturated carbocycles. The van der Waals surface area contributed by atoms with Crippen LogP contribution in [0.25, 0.3) is 0 Å². The van der Waals surface area contributed by atoms with Crippen molar-refractivity contribution in [2.45, 2.75) is 57.0 Å². The summed E-state index contributed by atoms with van der Waals surface area (Å²) in [6.45, 7) is 0. The predicted octanol–water partition coefficient (Wildman–Crippen LogP) is 2.50. The van der Waals surface area contributed by atoms with Gasteiger partial charge in [-0.2, -0.15) is 0 Å². The summed E-state index contributed by atoms with van der Waals surface area (Å²) in [5, 5.41) is 3.65. The summed E-state index contributed by atoms with van der Waals surface area (Å²) in [7, 11) is 0. The Kier molecular flexibility index (Phi) is 3.92. The fraction of sp³-hybridized carbons (Fsp3) is 0.625. The third-order valence-electron chi connectivity index (χ3n) is 4.52. The third-order valence-corrected chi connectivity index (χ3v) is 4.52. The van der Waals surface area contributed by atoms with Crippen LogP contribution in [0, 0.1) is 5.92 Å².